The molecule has 3 nitrogen and oxygen atoms in total. The van der Waals surface area contributed by atoms with E-state index in [1.54, 1.807) is 19.2 Å². The topological polar surface area (TPSA) is 49.3 Å². The molecule has 0 saturated carbocycles. The van der Waals surface area contributed by atoms with Gasteiger partial charge in [-0.25, -0.2) is 0 Å². The lowest BCUT2D eigenvalue weighted by Gasteiger charge is -2.09. The summed E-state index contributed by atoms with van der Waals surface area (Å²) in [6.45, 7) is 0.263. The summed E-state index contributed by atoms with van der Waals surface area (Å²) in [6.07, 6.45) is -0.993. The van der Waals surface area contributed by atoms with E-state index in [2.05, 4.69) is 5.32 Å². The van der Waals surface area contributed by atoms with Gasteiger partial charge < -0.3 is 10.4 Å². The molecule has 0 amide bonds. The third-order valence-electron chi connectivity index (χ3n) is 2.98. The summed E-state index contributed by atoms with van der Waals surface area (Å²) in [4.78, 5) is 11.9. The van der Waals surface area contributed by atoms with Crippen LogP contribution in [-0.4, -0.2) is 30.6 Å². The number of nitrogens with one attached hydrogen (secondary N) is 1. The molecule has 0 aromatic heterocycles. The molecular weight excluding hydrogens is 238 g/mol. The van der Waals surface area contributed by atoms with Crippen LogP contribution in [0, 0.1) is 0 Å². The van der Waals surface area contributed by atoms with E-state index in [1.807, 2.05) is 42.5 Å². The zero-order chi connectivity index (χ0) is 13.7. The maximum atomic E-state index is 11.9. The second-order valence-electron chi connectivity index (χ2n) is 4.38. The molecule has 2 N–H and O–H groups in total. The minimum absolute atomic E-state index is 0.256. The Morgan fingerprint density at radius 1 is 1.05 bits per heavy atom. The Morgan fingerprint density at radius 2 is 1.63 bits per heavy atom. The molecule has 1 atom stereocenters. The Balaban J connectivity index is 2.17. The second kappa shape index (κ2) is 6.27. The van der Waals surface area contributed by atoms with Crippen LogP contribution in [0.15, 0.2) is 54.6 Å². The van der Waals surface area contributed by atoms with Gasteiger partial charge in [0.2, 0.25) is 0 Å². The highest BCUT2D eigenvalue weighted by Crippen LogP contribution is 2.19. The summed E-state index contributed by atoms with van der Waals surface area (Å²) >= 11 is 0. The minimum Gasteiger partial charge on any atom is -0.384 e. The van der Waals surface area contributed by atoms with E-state index in [0.29, 0.717) is 5.56 Å². The van der Waals surface area contributed by atoms with Crippen molar-refractivity contribution in [3.8, 4) is 11.1 Å². The zero-order valence-electron chi connectivity index (χ0n) is 10.8. The Kier molecular flexibility index (Phi) is 4.44. The predicted octanol–water partition coefficient (Wildman–Crippen LogP) is 2.12. The van der Waals surface area contributed by atoms with Crippen molar-refractivity contribution < 1.29 is 9.90 Å². The van der Waals surface area contributed by atoms with Crippen molar-refractivity contribution in [3.05, 3.63) is 60.2 Å². The molecule has 19 heavy (non-hydrogen) atoms. The fourth-order valence-corrected chi connectivity index (χ4v) is 1.94. The molecule has 1 unspecified atom stereocenters. The first-order valence-corrected chi connectivity index (χ1v) is 6.24. The minimum atomic E-state index is -0.993. The predicted molar refractivity (Wildman–Crippen MR) is 76.1 cm³/mol. The monoisotopic (exact) mass is 255 g/mol. The summed E-state index contributed by atoms with van der Waals surface area (Å²) < 4.78 is 0. The number of aliphatic hydroxyl groups is 1. The van der Waals surface area contributed by atoms with E-state index in [4.69, 9.17) is 0 Å². The van der Waals surface area contributed by atoms with Gasteiger partial charge in [0.25, 0.3) is 0 Å². The summed E-state index contributed by atoms with van der Waals surface area (Å²) in [5.74, 6) is -0.256. The molecule has 98 valence electrons. The average molecular weight is 255 g/mol. The summed E-state index contributed by atoms with van der Waals surface area (Å²) in [6, 6.07) is 17.3. The quantitative estimate of drug-likeness (QED) is 0.805. The van der Waals surface area contributed by atoms with Crippen LogP contribution < -0.4 is 5.32 Å². The maximum absolute atomic E-state index is 11.9. The Morgan fingerprint density at radius 3 is 2.21 bits per heavy atom. The number of rotatable bonds is 5. The molecule has 0 aliphatic rings. The molecule has 0 saturated heterocycles. The highest BCUT2D eigenvalue weighted by atomic mass is 16.3. The highest BCUT2D eigenvalue weighted by Gasteiger charge is 2.15. The average Bonchev–Trinajstić information content (AvgIpc) is 2.48. The van der Waals surface area contributed by atoms with Crippen LogP contribution in [0.2, 0.25) is 0 Å². The molecule has 0 aliphatic heterocycles. The van der Waals surface area contributed by atoms with Gasteiger partial charge in [-0.05, 0) is 18.2 Å². The fraction of sp³-hybridized carbons (Fsp3) is 0.188. The van der Waals surface area contributed by atoms with E-state index in [-0.39, 0.29) is 12.3 Å². The standard InChI is InChI=1S/C16H17NO2/c1-17-11-15(18)16(19)14-9-7-13(8-10-14)12-5-3-2-4-6-12/h2-10,15,17-18H,11H2,1H3. The van der Waals surface area contributed by atoms with Gasteiger partial charge in [0.1, 0.15) is 6.10 Å². The van der Waals surface area contributed by atoms with Crippen LogP contribution in [0.25, 0.3) is 11.1 Å². The second-order valence-corrected chi connectivity index (χ2v) is 4.38. The number of carbonyl (C=O) groups is 1. The van der Waals surface area contributed by atoms with Gasteiger partial charge in [0.15, 0.2) is 5.78 Å². The number of ketones is 1. The molecule has 0 heterocycles. The largest absolute Gasteiger partial charge is 0.384 e. The molecule has 2 aromatic rings. The molecule has 0 radical (unpaired) electrons. The molecule has 2 rings (SSSR count). The van der Waals surface area contributed by atoms with E-state index < -0.39 is 6.10 Å². The number of hydrogen-bond donors (Lipinski definition) is 2. The lowest BCUT2D eigenvalue weighted by atomic mass is 10.0. The molecule has 3 heteroatoms. The summed E-state index contributed by atoms with van der Waals surface area (Å²) in [5.41, 5.74) is 2.69. The highest BCUT2D eigenvalue weighted by molar-refractivity contribution is 5.99. The van der Waals surface area contributed by atoms with Crippen LogP contribution in [-0.2, 0) is 0 Å². The van der Waals surface area contributed by atoms with Crippen molar-refractivity contribution in [2.24, 2.45) is 0 Å². The fourth-order valence-electron chi connectivity index (χ4n) is 1.94. The van der Waals surface area contributed by atoms with Crippen molar-refractivity contribution in [1.29, 1.82) is 0 Å². The lowest BCUT2D eigenvalue weighted by molar-refractivity contribution is 0.0750. The lowest BCUT2D eigenvalue weighted by Crippen LogP contribution is -2.31. The van der Waals surface area contributed by atoms with Gasteiger partial charge in [-0.15, -0.1) is 0 Å². The summed E-state index contributed by atoms with van der Waals surface area (Å²) in [5, 5.41) is 12.4. The first kappa shape index (κ1) is 13.5. The SMILES string of the molecule is CNCC(O)C(=O)c1ccc(-c2ccccc2)cc1. The smallest absolute Gasteiger partial charge is 0.192 e. The van der Waals surface area contributed by atoms with E-state index in [0.717, 1.165) is 11.1 Å². The van der Waals surface area contributed by atoms with Gasteiger partial charge in [0, 0.05) is 12.1 Å². The first-order valence-electron chi connectivity index (χ1n) is 6.24. The van der Waals surface area contributed by atoms with Crippen molar-refractivity contribution in [1.82, 2.24) is 5.32 Å². The number of Topliss-reactive ketones (excluding diaryl/α,β-unsaturated/α-hetero) is 1. The third-order valence-corrected chi connectivity index (χ3v) is 2.98. The zero-order valence-corrected chi connectivity index (χ0v) is 10.8. The van der Waals surface area contributed by atoms with E-state index in [1.165, 1.54) is 0 Å². The van der Waals surface area contributed by atoms with Crippen LogP contribution >= 0.6 is 0 Å². The van der Waals surface area contributed by atoms with Gasteiger partial charge in [0.05, 0.1) is 0 Å². The molecule has 0 spiro atoms. The normalized spacial score (nSPS) is 12.1. The molecule has 0 bridgehead atoms. The maximum Gasteiger partial charge on any atom is 0.192 e. The Labute approximate surface area is 112 Å². The van der Waals surface area contributed by atoms with E-state index in [9.17, 15) is 9.90 Å². The third kappa shape index (κ3) is 3.28. The van der Waals surface area contributed by atoms with Gasteiger partial charge in [-0.3, -0.25) is 4.79 Å². The van der Waals surface area contributed by atoms with Crippen molar-refractivity contribution in [3.63, 3.8) is 0 Å². The van der Waals surface area contributed by atoms with Gasteiger partial charge in [-0.2, -0.15) is 0 Å². The van der Waals surface area contributed by atoms with Gasteiger partial charge in [-0.1, -0.05) is 54.6 Å². The Hall–Kier alpha value is -1.97. The molecule has 0 fully saturated rings. The first-order chi connectivity index (χ1) is 9.22. The number of hydrogen-bond acceptors (Lipinski definition) is 3. The van der Waals surface area contributed by atoms with Crippen molar-refractivity contribution >= 4 is 5.78 Å². The molecule has 2 aromatic carbocycles. The molecule has 0 aliphatic carbocycles. The Bertz CT molecular complexity index is 534. The van der Waals surface area contributed by atoms with Crippen molar-refractivity contribution in [2.45, 2.75) is 6.10 Å². The number of benzene rings is 2. The van der Waals surface area contributed by atoms with Crippen LogP contribution in [0.1, 0.15) is 10.4 Å². The van der Waals surface area contributed by atoms with Gasteiger partial charge >= 0.3 is 0 Å². The van der Waals surface area contributed by atoms with Crippen LogP contribution in [0.5, 0.6) is 0 Å². The van der Waals surface area contributed by atoms with Crippen LogP contribution in [0.3, 0.4) is 0 Å². The van der Waals surface area contributed by atoms with Crippen LogP contribution in [0.4, 0.5) is 0 Å². The van der Waals surface area contributed by atoms with E-state index >= 15 is 0 Å². The number of likely N-dealkylation sites (N-methyl/N-ethyl adjacent to an activating group) is 1. The summed E-state index contributed by atoms with van der Waals surface area (Å²) in [7, 11) is 1.70. The number of aliphatic hydroxyl groups excluding tert-OH is 1. The molecular formula is C16H17NO2. The van der Waals surface area contributed by atoms with Crippen molar-refractivity contribution in [2.75, 3.05) is 13.6 Å². The number of carbonyl (C=O) groups excluding carboxylic acids is 1.